The van der Waals surface area contributed by atoms with Gasteiger partial charge in [-0.3, -0.25) is 0 Å². The Labute approximate surface area is 146 Å². The van der Waals surface area contributed by atoms with Crippen molar-refractivity contribution in [2.75, 3.05) is 19.7 Å². The number of hydrogen-bond donors (Lipinski definition) is 1. The number of imidazole rings is 1. The average Bonchev–Trinajstić information content (AvgIpc) is 3.30. The van der Waals surface area contributed by atoms with Crippen molar-refractivity contribution in [2.24, 2.45) is 11.3 Å². The van der Waals surface area contributed by atoms with Crippen molar-refractivity contribution in [3.8, 4) is 6.01 Å². The fourth-order valence-electron chi connectivity index (χ4n) is 3.97. The fraction of sp³-hybridized carbons (Fsp3) is 0.562. The molecule has 3 heterocycles. The van der Waals surface area contributed by atoms with Crippen LogP contribution >= 0.6 is 0 Å². The third-order valence-corrected chi connectivity index (χ3v) is 7.08. The van der Waals surface area contributed by atoms with Crippen LogP contribution in [0.1, 0.15) is 24.8 Å². The first kappa shape index (κ1) is 16.5. The van der Waals surface area contributed by atoms with Crippen LogP contribution in [0.15, 0.2) is 29.9 Å². The molecule has 2 atom stereocenters. The Balaban J connectivity index is 1.51. The number of sulfonamides is 1. The van der Waals surface area contributed by atoms with Gasteiger partial charge in [-0.05, 0) is 31.2 Å². The number of nitrogens with zero attached hydrogens (tertiary/aromatic N) is 4. The Kier molecular flexibility index (Phi) is 3.99. The van der Waals surface area contributed by atoms with Crippen LogP contribution in [0.5, 0.6) is 6.01 Å². The molecule has 2 fully saturated rings. The highest BCUT2D eigenvalue weighted by Crippen LogP contribution is 2.49. The van der Waals surface area contributed by atoms with E-state index in [1.807, 2.05) is 6.92 Å². The third kappa shape index (κ3) is 2.91. The smallest absolute Gasteiger partial charge is 0.316 e. The van der Waals surface area contributed by atoms with Gasteiger partial charge in [-0.1, -0.05) is 6.42 Å². The predicted molar refractivity (Wildman–Crippen MR) is 89.4 cm³/mol. The predicted octanol–water partition coefficient (Wildman–Crippen LogP) is 1.38. The van der Waals surface area contributed by atoms with Crippen molar-refractivity contribution in [1.82, 2.24) is 24.2 Å². The molecule has 9 heteroatoms. The van der Waals surface area contributed by atoms with Crippen molar-refractivity contribution in [3.63, 3.8) is 0 Å². The van der Waals surface area contributed by atoms with Gasteiger partial charge < -0.3 is 9.72 Å². The molecule has 4 rings (SSSR count). The van der Waals surface area contributed by atoms with Crippen LogP contribution < -0.4 is 4.74 Å². The monoisotopic (exact) mass is 363 g/mol. The normalized spacial score (nSPS) is 26.7. The van der Waals surface area contributed by atoms with Gasteiger partial charge in [0.1, 0.15) is 0 Å². The number of rotatable bonds is 5. The molecular formula is C16H21N5O3S. The number of ether oxygens (including phenoxy) is 1. The summed E-state index contributed by atoms with van der Waals surface area (Å²) in [4.78, 5) is 14.9. The third-order valence-electron chi connectivity index (χ3n) is 5.35. The second-order valence-corrected chi connectivity index (χ2v) is 8.90. The lowest BCUT2D eigenvalue weighted by atomic mass is 9.82. The van der Waals surface area contributed by atoms with Gasteiger partial charge in [0.15, 0.2) is 5.03 Å². The molecule has 0 radical (unpaired) electrons. The molecule has 2 unspecified atom stereocenters. The van der Waals surface area contributed by atoms with Gasteiger partial charge in [0.05, 0.1) is 19.1 Å². The van der Waals surface area contributed by atoms with E-state index in [0.717, 1.165) is 24.8 Å². The molecule has 1 saturated carbocycles. The zero-order valence-corrected chi connectivity index (χ0v) is 14.9. The lowest BCUT2D eigenvalue weighted by molar-refractivity contribution is 0.126. The van der Waals surface area contributed by atoms with Gasteiger partial charge in [-0.15, -0.1) is 0 Å². The van der Waals surface area contributed by atoms with E-state index in [2.05, 4.69) is 19.9 Å². The van der Waals surface area contributed by atoms with Crippen molar-refractivity contribution in [2.45, 2.75) is 31.2 Å². The van der Waals surface area contributed by atoms with E-state index in [9.17, 15) is 8.42 Å². The second kappa shape index (κ2) is 6.06. The fourth-order valence-corrected chi connectivity index (χ4v) is 5.45. The highest BCUT2D eigenvalue weighted by molar-refractivity contribution is 7.89. The van der Waals surface area contributed by atoms with E-state index in [1.165, 1.54) is 12.5 Å². The number of hydrogen-bond acceptors (Lipinski definition) is 6. The van der Waals surface area contributed by atoms with Crippen LogP contribution in [0.3, 0.4) is 0 Å². The number of fused-ring (bicyclic) bond motifs is 1. The summed E-state index contributed by atoms with van der Waals surface area (Å²) < 4.78 is 32.9. The largest absolute Gasteiger partial charge is 0.463 e. The second-order valence-electron chi connectivity index (χ2n) is 7.00. The minimum atomic E-state index is -3.54. The number of aromatic amines is 1. The molecule has 0 amide bonds. The molecular weight excluding hydrogens is 342 g/mol. The summed E-state index contributed by atoms with van der Waals surface area (Å²) in [5.41, 5.74) is 0.809. The molecule has 2 aliphatic rings. The van der Waals surface area contributed by atoms with Gasteiger partial charge in [-0.25, -0.2) is 23.4 Å². The summed E-state index contributed by atoms with van der Waals surface area (Å²) in [7, 11) is -3.54. The lowest BCUT2D eigenvalue weighted by Gasteiger charge is -2.28. The van der Waals surface area contributed by atoms with Crippen LogP contribution in [-0.2, 0) is 10.0 Å². The molecule has 2 aromatic rings. The quantitative estimate of drug-likeness (QED) is 0.861. The molecule has 1 N–H and O–H groups in total. The summed E-state index contributed by atoms with van der Waals surface area (Å²) in [5, 5.41) is 0.144. The maximum Gasteiger partial charge on any atom is 0.316 e. The Bertz CT molecular complexity index is 837. The van der Waals surface area contributed by atoms with Crippen LogP contribution in [0.4, 0.5) is 0 Å². The maximum atomic E-state index is 12.8. The molecule has 0 bridgehead atoms. The van der Waals surface area contributed by atoms with E-state index in [-0.39, 0.29) is 10.4 Å². The van der Waals surface area contributed by atoms with Crippen LogP contribution in [0.2, 0.25) is 0 Å². The highest BCUT2D eigenvalue weighted by Gasteiger charge is 2.53. The van der Waals surface area contributed by atoms with E-state index in [4.69, 9.17) is 4.74 Å². The first-order chi connectivity index (χ1) is 12.0. The van der Waals surface area contributed by atoms with Crippen molar-refractivity contribution in [3.05, 3.63) is 30.5 Å². The molecule has 1 aliphatic heterocycles. The summed E-state index contributed by atoms with van der Waals surface area (Å²) in [6.07, 6.45) is 9.25. The topological polar surface area (TPSA) is 101 Å². The summed E-state index contributed by atoms with van der Waals surface area (Å²) in [6, 6.07) is 0.348. The lowest BCUT2D eigenvalue weighted by Crippen LogP contribution is -2.36. The van der Waals surface area contributed by atoms with Gasteiger partial charge in [0.25, 0.3) is 10.0 Å². The van der Waals surface area contributed by atoms with E-state index in [0.29, 0.717) is 31.6 Å². The van der Waals surface area contributed by atoms with Crippen molar-refractivity contribution >= 4 is 10.0 Å². The highest BCUT2D eigenvalue weighted by atomic mass is 32.2. The van der Waals surface area contributed by atoms with Crippen LogP contribution in [-0.4, -0.2) is 52.4 Å². The molecule has 2 aromatic heterocycles. The number of H-pyrrole nitrogens is 1. The molecule has 25 heavy (non-hydrogen) atoms. The van der Waals surface area contributed by atoms with Crippen LogP contribution in [0.25, 0.3) is 0 Å². The Hall–Kier alpha value is -2.00. The van der Waals surface area contributed by atoms with Gasteiger partial charge in [0.2, 0.25) is 0 Å². The maximum absolute atomic E-state index is 12.8. The minimum Gasteiger partial charge on any atom is -0.463 e. The zero-order chi connectivity index (χ0) is 17.5. The first-order valence-electron chi connectivity index (χ1n) is 8.40. The Morgan fingerprint density at radius 2 is 2.16 bits per heavy atom. The van der Waals surface area contributed by atoms with Gasteiger partial charge in [0, 0.05) is 30.9 Å². The van der Waals surface area contributed by atoms with Crippen LogP contribution in [0, 0.1) is 18.3 Å². The molecule has 134 valence electrons. The van der Waals surface area contributed by atoms with E-state index >= 15 is 0 Å². The molecule has 1 aliphatic carbocycles. The van der Waals surface area contributed by atoms with E-state index < -0.39 is 10.0 Å². The number of aromatic nitrogens is 4. The molecule has 0 spiro atoms. The minimum absolute atomic E-state index is 0.144. The number of nitrogens with one attached hydrogen (secondary N) is 1. The van der Waals surface area contributed by atoms with Gasteiger partial charge >= 0.3 is 6.01 Å². The van der Waals surface area contributed by atoms with Crippen molar-refractivity contribution in [1.29, 1.82) is 0 Å². The average molecular weight is 363 g/mol. The van der Waals surface area contributed by atoms with Gasteiger partial charge in [-0.2, -0.15) is 4.31 Å². The summed E-state index contributed by atoms with van der Waals surface area (Å²) in [6.45, 7) is 3.35. The van der Waals surface area contributed by atoms with Crippen molar-refractivity contribution < 1.29 is 13.2 Å². The first-order valence-corrected chi connectivity index (χ1v) is 9.84. The Morgan fingerprint density at radius 1 is 1.36 bits per heavy atom. The standard InChI is InChI=1S/C16H21N5O3S/c1-12-5-18-15(19-6-12)24-10-16-4-2-3-13(16)8-21(9-16)25(22,23)14-7-17-11-20-14/h5-7,11,13H,2-4,8-10H2,1H3,(H,17,20). The SMILES string of the molecule is Cc1cnc(OCC23CCCC2CN(S(=O)(=O)c2cnc[nH]2)C3)nc1. The number of aryl methyl sites for hydroxylation is 1. The molecule has 0 aromatic carbocycles. The molecule has 1 saturated heterocycles. The summed E-state index contributed by atoms with van der Waals surface area (Å²) >= 11 is 0. The Morgan fingerprint density at radius 3 is 2.88 bits per heavy atom. The van der Waals surface area contributed by atoms with E-state index in [1.54, 1.807) is 16.7 Å². The molecule has 8 nitrogen and oxygen atoms in total. The zero-order valence-electron chi connectivity index (χ0n) is 14.1. The summed E-state index contributed by atoms with van der Waals surface area (Å²) in [5.74, 6) is 0.302.